The Bertz CT molecular complexity index is 3990. The molecule has 6 aliphatic rings. The first-order chi connectivity index (χ1) is 44.5. The summed E-state index contributed by atoms with van der Waals surface area (Å²) in [6.45, 7) is 16.6. The fourth-order valence-corrected chi connectivity index (χ4v) is 15.6. The summed E-state index contributed by atoms with van der Waals surface area (Å²) in [6.07, 6.45) is 8.81. The molecule has 20 nitrogen and oxygen atoms in total. The fraction of sp³-hybridized carbons (Fsp3) is 0.449. The second-order valence-corrected chi connectivity index (χ2v) is 28.9. The SMILES string of the molecule is CN(CC(=O)NCCOCCOCCNC(=O)CN(C)C(=O)Cc1ccc2c(c1)C(C)(C)C1=C3C=C4C5=[N+](CCC4OC3CCN12)c1ccc(S(=O)(=O)O)cc1C5(C)C)C(=O)/C=C/c1ccc2sc(C(=O)NCCCCN3CCN(c4cccc(Cl)c4Cl)CC3)cc2c1. The van der Waals surface area contributed by atoms with E-state index in [-0.39, 0.29) is 106 Å². The Labute approximate surface area is 557 Å². The van der Waals surface area contributed by atoms with Crippen LogP contribution in [-0.2, 0) is 60.8 Å². The average molecular weight is 1350 g/mol. The summed E-state index contributed by atoms with van der Waals surface area (Å²) in [5.41, 5.74) is 10.1. The number of likely N-dealkylation sites (N-methyl/N-ethyl adjacent to an activating group) is 2. The van der Waals surface area contributed by atoms with Crippen LogP contribution in [0, 0.1) is 0 Å². The lowest BCUT2D eigenvalue weighted by Crippen LogP contribution is -2.47. The number of carbonyl (C=O) groups excluding carboxylic acids is 5. The van der Waals surface area contributed by atoms with E-state index in [9.17, 15) is 36.9 Å². The molecule has 0 radical (unpaired) electrons. The van der Waals surface area contributed by atoms with Gasteiger partial charge in [-0.05, 0) is 122 Å². The third kappa shape index (κ3) is 14.9. The molecule has 494 valence electrons. The van der Waals surface area contributed by atoms with E-state index in [1.807, 2.05) is 42.5 Å². The van der Waals surface area contributed by atoms with Gasteiger partial charge >= 0.3 is 0 Å². The number of halogens is 2. The zero-order chi connectivity index (χ0) is 65.9. The van der Waals surface area contributed by atoms with Crippen molar-refractivity contribution in [2.45, 2.75) is 87.7 Å². The largest absolute Gasteiger partial charge is 0.377 e. The van der Waals surface area contributed by atoms with Crippen LogP contribution < -0.4 is 25.8 Å². The number of piperazine rings is 1. The molecule has 11 rings (SSSR count). The Hall–Kier alpha value is -6.99. The van der Waals surface area contributed by atoms with E-state index in [0.29, 0.717) is 21.5 Å². The van der Waals surface area contributed by atoms with Crippen LogP contribution in [0.1, 0.15) is 85.3 Å². The summed E-state index contributed by atoms with van der Waals surface area (Å²) in [5.74, 6) is -1.28. The van der Waals surface area contributed by atoms with Crippen LogP contribution in [-0.4, -0.2) is 199 Å². The molecule has 7 heterocycles. The summed E-state index contributed by atoms with van der Waals surface area (Å²) in [6, 6.07) is 24.4. The highest BCUT2D eigenvalue weighted by Gasteiger charge is 2.55. The van der Waals surface area contributed by atoms with E-state index in [1.165, 1.54) is 39.0 Å². The monoisotopic (exact) mass is 1350 g/mol. The van der Waals surface area contributed by atoms with Crippen LogP contribution >= 0.6 is 34.5 Å². The van der Waals surface area contributed by atoms with Crippen molar-refractivity contribution < 1.29 is 55.7 Å². The van der Waals surface area contributed by atoms with Crippen molar-refractivity contribution in [3.8, 4) is 0 Å². The third-order valence-electron chi connectivity index (χ3n) is 18.5. The van der Waals surface area contributed by atoms with Gasteiger partial charge < -0.3 is 49.8 Å². The minimum atomic E-state index is -4.38. The molecule has 0 spiro atoms. The quantitative estimate of drug-likeness (QED) is 0.0187. The number of thiophene rings is 1. The van der Waals surface area contributed by atoms with E-state index in [1.54, 1.807) is 38.4 Å². The minimum Gasteiger partial charge on any atom is -0.377 e. The fourth-order valence-electron chi connectivity index (χ4n) is 13.7. The highest BCUT2D eigenvalue weighted by molar-refractivity contribution is 7.85. The van der Waals surface area contributed by atoms with Gasteiger partial charge in [-0.25, -0.2) is 0 Å². The second kappa shape index (κ2) is 28.5. The number of hydrogen-bond acceptors (Lipinski definition) is 14. The number of fused-ring (bicyclic) bond motifs is 9. The Balaban J connectivity index is 0.543. The maximum Gasteiger partial charge on any atom is 0.294 e. The summed E-state index contributed by atoms with van der Waals surface area (Å²) >= 11 is 14.1. The zero-order valence-corrected chi connectivity index (χ0v) is 56.7. The number of nitrogens with one attached hydrogen (secondary N) is 3. The Kier molecular flexibility index (Phi) is 20.7. The van der Waals surface area contributed by atoms with Gasteiger partial charge in [0.15, 0.2) is 12.3 Å². The molecule has 4 N–H and O–H groups in total. The van der Waals surface area contributed by atoms with E-state index < -0.39 is 20.9 Å². The van der Waals surface area contributed by atoms with Gasteiger partial charge in [-0.1, -0.05) is 61.3 Å². The lowest BCUT2D eigenvalue weighted by molar-refractivity contribution is -0.445. The van der Waals surface area contributed by atoms with Crippen LogP contribution in [0.3, 0.4) is 0 Å². The molecule has 2 unspecified atom stereocenters. The average Bonchev–Trinajstić information content (AvgIpc) is 1.57. The van der Waals surface area contributed by atoms with Crippen LogP contribution in [0.25, 0.3) is 16.2 Å². The number of nitrogens with zero attached hydrogens (tertiary/aromatic N) is 6. The Morgan fingerprint density at radius 1 is 0.774 bits per heavy atom. The van der Waals surface area contributed by atoms with Crippen molar-refractivity contribution in [2.75, 3.05) is 129 Å². The van der Waals surface area contributed by atoms with E-state index in [2.05, 4.69) is 81.1 Å². The molecule has 24 heteroatoms. The topological polar surface area (TPSA) is 223 Å². The van der Waals surface area contributed by atoms with Crippen molar-refractivity contribution >= 4 is 113 Å². The number of allylic oxidation sites excluding steroid dienone is 1. The molecule has 93 heavy (non-hydrogen) atoms. The van der Waals surface area contributed by atoms with Gasteiger partial charge in [0, 0.05) is 123 Å². The van der Waals surface area contributed by atoms with Crippen LogP contribution in [0.15, 0.2) is 113 Å². The molecule has 5 aromatic rings. The molecule has 1 fully saturated rings. The lowest BCUT2D eigenvalue weighted by atomic mass is 9.74. The Morgan fingerprint density at radius 3 is 2.24 bits per heavy atom. The standard InChI is InChI=1S/C69H81Cl2N9O11S2/c1-68(2)50-37-45(12-16-53(50)79-26-20-56-48(65(68)79)41-49-57(91-56)21-27-80-54-17-15-47(93(86,87)88)40-51(54)69(3,4)66(49)80)38-63(84)76(6)43-61(82)73-24-33-90-35-34-89-32-23-72-60(81)42-75(5)62(83)19-14-44-13-18-58-46(36-44)39-59(92-58)67(85)74-22-7-8-25-77-28-30-78(31-29-77)55-11-9-10-52(70)64(55)71/h9-19,36-37,39-41,56-57H,7-8,20-35,38,42-43H2,1-6H3,(H3-,72,73,74,81,82,85,86,87,88)/p+1/b19-14+. The Morgan fingerprint density at radius 2 is 1.51 bits per heavy atom. The van der Waals surface area contributed by atoms with Gasteiger partial charge in [0.2, 0.25) is 29.3 Å². The molecule has 0 aliphatic carbocycles. The first-order valence-corrected chi connectivity index (χ1v) is 34.9. The molecule has 0 bridgehead atoms. The number of amides is 5. The minimum absolute atomic E-state index is 0.0854. The summed E-state index contributed by atoms with van der Waals surface area (Å²) in [7, 11) is -1.21. The molecule has 5 amide bonds. The predicted octanol–water partition coefficient (Wildman–Crippen LogP) is 8.15. The number of rotatable bonds is 25. The van der Waals surface area contributed by atoms with Crippen LogP contribution in [0.5, 0.6) is 0 Å². The van der Waals surface area contributed by atoms with E-state index >= 15 is 0 Å². The molecular weight excluding hydrogens is 1270 g/mol. The van der Waals surface area contributed by atoms with Gasteiger partial charge in [0.1, 0.15) is 0 Å². The van der Waals surface area contributed by atoms with E-state index in [4.69, 9.17) is 37.4 Å². The van der Waals surface area contributed by atoms with Crippen molar-refractivity contribution in [2.24, 2.45) is 0 Å². The number of unbranched alkanes of at least 4 members (excludes halogenated alkanes) is 1. The number of hydrogen-bond donors (Lipinski definition) is 4. The van der Waals surface area contributed by atoms with Crippen molar-refractivity contribution in [3.05, 3.63) is 145 Å². The summed E-state index contributed by atoms with van der Waals surface area (Å²) in [4.78, 5) is 75.4. The number of carbonyl (C=O) groups is 5. The predicted molar refractivity (Wildman–Crippen MR) is 363 cm³/mol. The molecule has 6 aliphatic heterocycles. The number of benzene rings is 4. The van der Waals surface area contributed by atoms with Crippen molar-refractivity contribution in [3.63, 3.8) is 0 Å². The molecule has 1 saturated heterocycles. The smallest absolute Gasteiger partial charge is 0.294 e. The molecule has 4 aromatic carbocycles. The maximum atomic E-state index is 13.6. The van der Waals surface area contributed by atoms with Crippen LogP contribution in [0.2, 0.25) is 10.0 Å². The zero-order valence-electron chi connectivity index (χ0n) is 53.5. The number of ether oxygens (including phenoxy) is 3. The summed E-state index contributed by atoms with van der Waals surface area (Å²) < 4.78 is 55.7. The van der Waals surface area contributed by atoms with E-state index in [0.717, 1.165) is 138 Å². The van der Waals surface area contributed by atoms with Gasteiger partial charge in [-0.2, -0.15) is 13.0 Å². The highest BCUT2D eigenvalue weighted by atomic mass is 35.5. The first-order valence-electron chi connectivity index (χ1n) is 31.9. The van der Waals surface area contributed by atoms with Gasteiger partial charge in [-0.3, -0.25) is 33.4 Å². The van der Waals surface area contributed by atoms with Crippen LogP contribution in [0.4, 0.5) is 17.1 Å². The highest BCUT2D eigenvalue weighted by Crippen LogP contribution is 2.54. The van der Waals surface area contributed by atoms with Crippen molar-refractivity contribution in [1.82, 2.24) is 30.7 Å². The molecule has 2 atom stereocenters. The van der Waals surface area contributed by atoms with Crippen molar-refractivity contribution in [1.29, 1.82) is 0 Å². The summed E-state index contributed by atoms with van der Waals surface area (Å²) in [5, 5.41) is 10.7. The second-order valence-electron chi connectivity index (χ2n) is 25.7. The van der Waals surface area contributed by atoms with Gasteiger partial charge in [0.25, 0.3) is 16.0 Å². The molecular formula is C69H82Cl2N9O11S2+. The molecule has 1 aromatic heterocycles. The van der Waals surface area contributed by atoms with Gasteiger partial charge in [0.05, 0.1) is 89.1 Å². The maximum absolute atomic E-state index is 13.6. The third-order valence-corrected chi connectivity index (χ3v) is 21.3. The first kappa shape index (κ1) is 67.4. The lowest BCUT2D eigenvalue weighted by Gasteiger charge is -2.42. The normalized spacial score (nSPS) is 18.7. The van der Waals surface area contributed by atoms with Gasteiger partial charge in [-0.15, -0.1) is 11.3 Å². The molecule has 0 saturated carbocycles. The number of anilines is 2.